The lowest BCUT2D eigenvalue weighted by Crippen LogP contribution is -2.00. The summed E-state index contributed by atoms with van der Waals surface area (Å²) >= 11 is 0. The molecular weight excluding hydrogens is 544 g/mol. The lowest BCUT2D eigenvalue weighted by atomic mass is 10.1. The van der Waals surface area contributed by atoms with Gasteiger partial charge in [-0.3, -0.25) is 9.97 Å². The molecule has 0 spiro atoms. The highest BCUT2D eigenvalue weighted by molar-refractivity contribution is 5.77. The molecule has 0 aliphatic carbocycles. The van der Waals surface area contributed by atoms with E-state index in [2.05, 4.69) is 25.6 Å². The van der Waals surface area contributed by atoms with Crippen molar-refractivity contribution in [3.63, 3.8) is 0 Å². The highest BCUT2D eigenvalue weighted by Crippen LogP contribution is 2.27. The van der Waals surface area contributed by atoms with Crippen LogP contribution in [0.1, 0.15) is 45.0 Å². The van der Waals surface area contributed by atoms with E-state index in [0.29, 0.717) is 18.0 Å². The van der Waals surface area contributed by atoms with Crippen LogP contribution in [0.5, 0.6) is 11.5 Å². The van der Waals surface area contributed by atoms with Gasteiger partial charge in [-0.2, -0.15) is 0 Å². The number of pyridine rings is 2. The number of ether oxygens (including phenoxy) is 2. The highest BCUT2D eigenvalue weighted by Gasteiger charge is 2.09. The smallest absolute Gasteiger partial charge is 0.147 e. The minimum absolute atomic E-state index is 0.247. The number of methoxy groups -OCH3 is 2. The van der Waals surface area contributed by atoms with Crippen LogP contribution in [-0.2, 0) is 22.9 Å². The van der Waals surface area contributed by atoms with Crippen molar-refractivity contribution in [2.24, 2.45) is 10.3 Å². The van der Waals surface area contributed by atoms with Crippen molar-refractivity contribution in [1.82, 2.24) is 9.97 Å². The van der Waals surface area contributed by atoms with Crippen LogP contribution in [-0.4, -0.2) is 43.7 Å². The van der Waals surface area contributed by atoms with E-state index in [1.54, 1.807) is 32.7 Å². The van der Waals surface area contributed by atoms with Gasteiger partial charge in [-0.1, -0.05) is 22.4 Å². The topological polar surface area (TPSA) is 125 Å². The van der Waals surface area contributed by atoms with Crippen molar-refractivity contribution >= 4 is 23.8 Å². The predicted molar refractivity (Wildman–Crippen MR) is 172 cm³/mol. The molecule has 0 atom stereocenters. The van der Waals surface area contributed by atoms with Gasteiger partial charge >= 0.3 is 0 Å². The Labute approximate surface area is 253 Å². The fourth-order valence-corrected chi connectivity index (χ4v) is 4.33. The molecular formula is C33H40N6O4. The van der Waals surface area contributed by atoms with E-state index in [9.17, 15) is 0 Å². The molecule has 0 amide bonds. The van der Waals surface area contributed by atoms with Crippen LogP contribution in [0.2, 0.25) is 0 Å². The van der Waals surface area contributed by atoms with Gasteiger partial charge in [0.2, 0.25) is 0 Å². The number of nitrogens with zero attached hydrogens (tertiary/aromatic N) is 4. The summed E-state index contributed by atoms with van der Waals surface area (Å²) in [5, 5.41) is 11.1. The molecule has 0 unspecified atom stereocenters. The van der Waals surface area contributed by atoms with E-state index in [0.717, 1.165) is 56.5 Å². The van der Waals surface area contributed by atoms with Gasteiger partial charge in [0, 0.05) is 29.8 Å². The minimum Gasteiger partial charge on any atom is -0.496 e. The first-order chi connectivity index (χ1) is 20.7. The van der Waals surface area contributed by atoms with Crippen LogP contribution in [0.15, 0.2) is 71.0 Å². The Kier molecular flexibility index (Phi) is 12.3. The number of nitrogens with one attached hydrogen (secondary N) is 1. The molecule has 4 aromatic rings. The molecule has 0 saturated carbocycles. The Balaban J connectivity index is 0.000000236. The second kappa shape index (κ2) is 16.4. The van der Waals surface area contributed by atoms with Crippen LogP contribution >= 0.6 is 0 Å². The first-order valence-corrected chi connectivity index (χ1v) is 13.7. The summed E-state index contributed by atoms with van der Waals surface area (Å²) in [6, 6.07) is 19.2. The number of hydrogen-bond acceptors (Lipinski definition) is 10. The van der Waals surface area contributed by atoms with Gasteiger partial charge in [0.05, 0.1) is 49.2 Å². The summed E-state index contributed by atoms with van der Waals surface area (Å²) in [5.41, 5.74) is 14.9. The van der Waals surface area contributed by atoms with Crippen LogP contribution in [0.3, 0.4) is 0 Å². The molecule has 3 N–H and O–H groups in total. The molecule has 0 saturated heterocycles. The van der Waals surface area contributed by atoms with Gasteiger partial charge in [-0.05, 0) is 87.4 Å². The molecule has 2 aromatic carbocycles. The summed E-state index contributed by atoms with van der Waals surface area (Å²) in [4.78, 5) is 19.4. The normalized spacial score (nSPS) is 10.8. The van der Waals surface area contributed by atoms with E-state index in [1.807, 2.05) is 89.3 Å². The summed E-state index contributed by atoms with van der Waals surface area (Å²) < 4.78 is 10.6. The quantitative estimate of drug-likeness (QED) is 0.122. The van der Waals surface area contributed by atoms with Crippen molar-refractivity contribution in [2.75, 3.05) is 32.3 Å². The Morgan fingerprint density at radius 1 is 0.721 bits per heavy atom. The van der Waals surface area contributed by atoms with Crippen molar-refractivity contribution in [3.8, 4) is 11.5 Å². The van der Waals surface area contributed by atoms with E-state index < -0.39 is 0 Å². The van der Waals surface area contributed by atoms with Gasteiger partial charge in [0.1, 0.15) is 24.7 Å². The second-order valence-corrected chi connectivity index (χ2v) is 9.70. The van der Waals surface area contributed by atoms with Crippen molar-refractivity contribution in [3.05, 3.63) is 106 Å². The number of aryl methyl sites for hydroxylation is 4. The molecule has 226 valence electrons. The Morgan fingerprint density at radius 3 is 1.70 bits per heavy atom. The number of rotatable bonds is 11. The number of hydrogen-bond donors (Lipinski definition) is 2. The predicted octanol–water partition coefficient (Wildman–Crippen LogP) is 6.14. The van der Waals surface area contributed by atoms with E-state index in [1.165, 1.54) is 0 Å². The zero-order valence-electron chi connectivity index (χ0n) is 25.8. The number of nitrogen functional groups attached to an aromatic ring is 1. The monoisotopic (exact) mass is 584 g/mol. The molecule has 2 heterocycles. The SMILES string of the molecule is CNc1cccc(OC)c1CO/N=C/c1cc(C)cc(C)n1.COc1cccc(N)c1CO/N=C/c1cc(C)cc(C)n1. The van der Waals surface area contributed by atoms with E-state index in [-0.39, 0.29) is 6.61 Å². The first kappa shape index (κ1) is 32.4. The van der Waals surface area contributed by atoms with Crippen molar-refractivity contribution in [2.45, 2.75) is 40.9 Å². The van der Waals surface area contributed by atoms with Crippen LogP contribution in [0.4, 0.5) is 11.4 Å². The average molecular weight is 585 g/mol. The molecule has 10 nitrogen and oxygen atoms in total. The maximum absolute atomic E-state index is 5.91. The fraction of sp³-hybridized carbons (Fsp3) is 0.273. The number of nitrogens with two attached hydrogens (primary N) is 1. The van der Waals surface area contributed by atoms with Gasteiger partial charge in [-0.15, -0.1) is 0 Å². The molecule has 4 rings (SSSR count). The van der Waals surface area contributed by atoms with Crippen LogP contribution in [0, 0.1) is 27.7 Å². The number of oxime groups is 2. The maximum atomic E-state index is 5.91. The molecule has 2 aromatic heterocycles. The Morgan fingerprint density at radius 2 is 1.21 bits per heavy atom. The summed E-state index contributed by atoms with van der Waals surface area (Å²) in [6.45, 7) is 8.52. The van der Waals surface area contributed by atoms with E-state index >= 15 is 0 Å². The fourth-order valence-electron chi connectivity index (χ4n) is 4.33. The minimum atomic E-state index is 0.247. The van der Waals surface area contributed by atoms with E-state index in [4.69, 9.17) is 24.9 Å². The van der Waals surface area contributed by atoms with Gasteiger partial charge in [0.25, 0.3) is 0 Å². The Bertz CT molecular complexity index is 1490. The summed E-state index contributed by atoms with van der Waals surface area (Å²) in [7, 11) is 5.10. The third-order valence-electron chi connectivity index (χ3n) is 6.18. The number of aromatic nitrogens is 2. The standard InChI is InChI=1S/C17H21N3O2.C16H19N3O2/c1-12-8-13(2)20-14(9-12)10-19-22-11-15-16(18-3)6-5-7-17(15)21-4;1-11-7-12(2)19-13(8-11)9-18-21-10-14-15(17)5-4-6-16(14)20-3/h5-10,18H,11H2,1-4H3;4-9H,10,17H2,1-3H3/b19-10+;18-9+. The second-order valence-electron chi connectivity index (χ2n) is 9.70. The Hall–Kier alpha value is -5.12. The largest absolute Gasteiger partial charge is 0.496 e. The van der Waals surface area contributed by atoms with Gasteiger partial charge in [-0.25, -0.2) is 0 Å². The number of anilines is 2. The van der Waals surface area contributed by atoms with Crippen molar-refractivity contribution in [1.29, 1.82) is 0 Å². The van der Waals surface area contributed by atoms with Gasteiger partial charge in [0.15, 0.2) is 0 Å². The zero-order valence-corrected chi connectivity index (χ0v) is 25.8. The van der Waals surface area contributed by atoms with Crippen molar-refractivity contribution < 1.29 is 19.1 Å². The molecule has 0 radical (unpaired) electrons. The lowest BCUT2D eigenvalue weighted by molar-refractivity contribution is 0.130. The molecule has 0 aliphatic heterocycles. The molecule has 0 aliphatic rings. The third kappa shape index (κ3) is 10.0. The van der Waals surface area contributed by atoms with Crippen LogP contribution in [0.25, 0.3) is 0 Å². The zero-order chi connectivity index (χ0) is 31.2. The highest BCUT2D eigenvalue weighted by atomic mass is 16.6. The van der Waals surface area contributed by atoms with Gasteiger partial charge < -0.3 is 30.2 Å². The maximum Gasteiger partial charge on any atom is 0.147 e. The number of benzene rings is 2. The van der Waals surface area contributed by atoms with Crippen LogP contribution < -0.4 is 20.5 Å². The third-order valence-corrected chi connectivity index (χ3v) is 6.18. The molecule has 0 fully saturated rings. The summed E-state index contributed by atoms with van der Waals surface area (Å²) in [6.07, 6.45) is 3.21. The molecule has 43 heavy (non-hydrogen) atoms. The first-order valence-electron chi connectivity index (χ1n) is 13.7. The average Bonchev–Trinajstić information content (AvgIpc) is 2.97. The summed E-state index contributed by atoms with van der Waals surface area (Å²) in [5.74, 6) is 1.46. The lowest BCUT2D eigenvalue weighted by Gasteiger charge is -2.12. The molecule has 10 heteroatoms. The molecule has 0 bridgehead atoms.